The standard InChI is InChI=1S/C33H38N2O7/c1-21-17-23(13-14-25(21)42-20-22-11-8-7-9-12-22)30(36)28-29(35(33(38)31(28)37)16-10-15-34(2)3)24-18-26(39-4)32(41-6)27(19-24)40-5/h7-9,11-14,17-19,29,36H,10,15-16,20H2,1-6H3/b30-28+. The van der Waals surface area contributed by atoms with Gasteiger partial charge in [-0.3, -0.25) is 9.59 Å². The lowest BCUT2D eigenvalue weighted by molar-refractivity contribution is -0.858. The second-order valence-electron chi connectivity index (χ2n) is 10.5. The second kappa shape index (κ2) is 13.4. The van der Waals surface area contributed by atoms with Crippen LogP contribution in [0.5, 0.6) is 23.0 Å². The van der Waals surface area contributed by atoms with Crippen molar-refractivity contribution in [3.8, 4) is 23.0 Å². The van der Waals surface area contributed by atoms with Crippen molar-refractivity contribution in [2.24, 2.45) is 0 Å². The van der Waals surface area contributed by atoms with Gasteiger partial charge < -0.3 is 33.9 Å². The number of carbonyl (C=O) groups excluding carboxylic acids is 2. The molecule has 0 aromatic heterocycles. The number of benzene rings is 3. The number of amides is 1. The Labute approximate surface area is 246 Å². The molecule has 1 amide bonds. The minimum Gasteiger partial charge on any atom is -0.872 e. The molecule has 42 heavy (non-hydrogen) atoms. The van der Waals surface area contributed by atoms with Crippen molar-refractivity contribution < 1.29 is 38.5 Å². The van der Waals surface area contributed by atoms with Crippen LogP contribution in [0.4, 0.5) is 0 Å². The van der Waals surface area contributed by atoms with Crippen molar-refractivity contribution >= 4 is 17.4 Å². The summed E-state index contributed by atoms with van der Waals surface area (Å²) in [5.74, 6) is -0.299. The fraction of sp³-hybridized carbons (Fsp3) is 0.333. The normalized spacial score (nSPS) is 16.2. The number of quaternary nitrogens is 1. The number of ether oxygens (including phenoxy) is 4. The highest BCUT2D eigenvalue weighted by atomic mass is 16.5. The zero-order valence-corrected chi connectivity index (χ0v) is 25.0. The fourth-order valence-corrected chi connectivity index (χ4v) is 5.15. The highest BCUT2D eigenvalue weighted by molar-refractivity contribution is 6.46. The number of carbonyl (C=O) groups is 2. The summed E-state index contributed by atoms with van der Waals surface area (Å²) in [5, 5.41) is 14.0. The lowest BCUT2D eigenvalue weighted by Gasteiger charge is -2.28. The molecule has 9 heteroatoms. The molecule has 0 aliphatic carbocycles. The van der Waals surface area contributed by atoms with Gasteiger partial charge in [0.15, 0.2) is 11.5 Å². The number of aryl methyl sites for hydroxylation is 1. The maximum absolute atomic E-state index is 14.0. The predicted molar refractivity (Wildman–Crippen MR) is 157 cm³/mol. The lowest BCUT2D eigenvalue weighted by Crippen LogP contribution is -3.05. The van der Waals surface area contributed by atoms with Crippen LogP contribution >= 0.6 is 0 Å². The van der Waals surface area contributed by atoms with Gasteiger partial charge in [0.1, 0.15) is 12.4 Å². The Hall–Kier alpha value is -4.50. The third-order valence-corrected chi connectivity index (χ3v) is 7.28. The number of likely N-dealkylation sites (tertiary alicyclic amines) is 1. The van der Waals surface area contributed by atoms with Gasteiger partial charge in [0, 0.05) is 18.5 Å². The average molecular weight is 575 g/mol. The van der Waals surface area contributed by atoms with Crippen LogP contribution in [0.3, 0.4) is 0 Å². The summed E-state index contributed by atoms with van der Waals surface area (Å²) >= 11 is 0. The molecule has 0 bridgehead atoms. The van der Waals surface area contributed by atoms with E-state index in [1.807, 2.05) is 51.4 Å². The molecule has 3 aromatic carbocycles. The number of rotatable bonds is 12. The van der Waals surface area contributed by atoms with Crippen molar-refractivity contribution in [1.29, 1.82) is 0 Å². The van der Waals surface area contributed by atoms with Gasteiger partial charge in [-0.2, -0.15) is 0 Å². The number of Topliss-reactive ketones (excluding diaryl/α,β-unsaturated/α-hetero) is 1. The summed E-state index contributed by atoms with van der Waals surface area (Å²) in [7, 11) is 8.51. The summed E-state index contributed by atoms with van der Waals surface area (Å²) in [4.78, 5) is 29.5. The van der Waals surface area contributed by atoms with E-state index in [1.165, 1.54) is 31.1 Å². The average Bonchev–Trinajstić information content (AvgIpc) is 3.24. The predicted octanol–water partition coefficient (Wildman–Crippen LogP) is 2.36. The molecule has 1 atom stereocenters. The van der Waals surface area contributed by atoms with E-state index in [0.717, 1.165) is 17.7 Å². The summed E-state index contributed by atoms with van der Waals surface area (Å²) < 4.78 is 22.5. The quantitative estimate of drug-likeness (QED) is 0.201. The zero-order valence-electron chi connectivity index (χ0n) is 25.0. The highest BCUT2D eigenvalue weighted by Crippen LogP contribution is 2.45. The summed E-state index contributed by atoms with van der Waals surface area (Å²) in [6, 6.07) is 17.3. The van der Waals surface area contributed by atoms with Crippen LogP contribution < -0.4 is 29.0 Å². The molecule has 0 spiro atoms. The largest absolute Gasteiger partial charge is 0.872 e. The summed E-state index contributed by atoms with van der Waals surface area (Å²) in [6.45, 7) is 3.31. The summed E-state index contributed by atoms with van der Waals surface area (Å²) in [5.41, 5.74) is 2.47. The monoisotopic (exact) mass is 574 g/mol. The molecule has 1 aliphatic heterocycles. The Morgan fingerprint density at radius 2 is 1.57 bits per heavy atom. The van der Waals surface area contributed by atoms with Crippen LogP contribution in [0.1, 0.15) is 34.7 Å². The van der Waals surface area contributed by atoms with Crippen LogP contribution in [0.25, 0.3) is 5.76 Å². The minimum atomic E-state index is -0.919. The van der Waals surface area contributed by atoms with Crippen molar-refractivity contribution in [2.45, 2.75) is 26.0 Å². The third-order valence-electron chi connectivity index (χ3n) is 7.28. The first-order valence-corrected chi connectivity index (χ1v) is 13.8. The van der Waals surface area contributed by atoms with Gasteiger partial charge >= 0.3 is 0 Å². The topological polar surface area (TPSA) is 102 Å². The fourth-order valence-electron chi connectivity index (χ4n) is 5.15. The molecule has 1 aliphatic rings. The lowest BCUT2D eigenvalue weighted by atomic mass is 9.94. The van der Waals surface area contributed by atoms with E-state index in [4.69, 9.17) is 18.9 Å². The molecular formula is C33H38N2O7. The SMILES string of the molecule is COc1cc(C2/C(=C(\[O-])c3ccc(OCc4ccccc4)c(C)c3)C(=O)C(=O)N2CCC[NH+](C)C)cc(OC)c1OC. The maximum Gasteiger partial charge on any atom is 0.295 e. The molecule has 1 unspecified atom stereocenters. The van der Waals surface area contributed by atoms with E-state index >= 15 is 0 Å². The Bertz CT molecular complexity index is 1440. The molecule has 222 valence electrons. The van der Waals surface area contributed by atoms with E-state index in [-0.39, 0.29) is 5.57 Å². The minimum absolute atomic E-state index is 0.108. The molecule has 4 rings (SSSR count). The van der Waals surface area contributed by atoms with Gasteiger partial charge in [0.25, 0.3) is 5.91 Å². The van der Waals surface area contributed by atoms with Gasteiger partial charge in [0.05, 0.1) is 48.0 Å². The molecule has 1 N–H and O–H groups in total. The molecule has 9 nitrogen and oxygen atoms in total. The Morgan fingerprint density at radius 3 is 2.14 bits per heavy atom. The van der Waals surface area contributed by atoms with Crippen molar-refractivity contribution in [1.82, 2.24) is 4.90 Å². The number of nitrogens with one attached hydrogen (secondary N) is 1. The van der Waals surface area contributed by atoms with E-state index in [2.05, 4.69) is 0 Å². The number of methoxy groups -OCH3 is 3. The molecule has 0 saturated carbocycles. The molecule has 3 aromatic rings. The van der Waals surface area contributed by atoms with E-state index in [1.54, 1.807) is 30.3 Å². The first-order valence-electron chi connectivity index (χ1n) is 13.8. The maximum atomic E-state index is 14.0. The first kappa shape index (κ1) is 30.5. The van der Waals surface area contributed by atoms with Crippen LogP contribution in [-0.4, -0.2) is 65.1 Å². The van der Waals surface area contributed by atoms with Gasteiger partial charge in [-0.05, 0) is 53.4 Å². The molecular weight excluding hydrogens is 536 g/mol. The van der Waals surface area contributed by atoms with Crippen molar-refractivity contribution in [3.05, 3.63) is 88.5 Å². The van der Waals surface area contributed by atoms with Gasteiger partial charge in [0.2, 0.25) is 11.5 Å². The number of ketones is 1. The Balaban J connectivity index is 1.77. The van der Waals surface area contributed by atoms with Crippen molar-refractivity contribution in [3.63, 3.8) is 0 Å². The summed E-state index contributed by atoms with van der Waals surface area (Å²) in [6.07, 6.45) is 0.649. The highest BCUT2D eigenvalue weighted by Gasteiger charge is 2.44. The number of hydrogen-bond donors (Lipinski definition) is 1. The first-order chi connectivity index (χ1) is 20.2. The molecule has 1 saturated heterocycles. The van der Waals surface area contributed by atoms with Crippen LogP contribution in [-0.2, 0) is 16.2 Å². The zero-order chi connectivity index (χ0) is 30.4. The Kier molecular flexibility index (Phi) is 9.75. The Morgan fingerprint density at radius 1 is 0.905 bits per heavy atom. The van der Waals surface area contributed by atoms with Crippen molar-refractivity contribution in [2.75, 3.05) is 48.5 Å². The van der Waals surface area contributed by atoms with Gasteiger partial charge in [-0.25, -0.2) is 0 Å². The van der Waals surface area contributed by atoms with Crippen LogP contribution in [0.15, 0.2) is 66.2 Å². The second-order valence-corrected chi connectivity index (χ2v) is 10.5. The number of nitrogens with zero attached hydrogens (tertiary/aromatic N) is 1. The van der Waals surface area contributed by atoms with Gasteiger partial charge in [-0.1, -0.05) is 42.2 Å². The van der Waals surface area contributed by atoms with Gasteiger partial charge in [-0.15, -0.1) is 0 Å². The third kappa shape index (κ3) is 6.36. The molecule has 0 radical (unpaired) electrons. The smallest absolute Gasteiger partial charge is 0.295 e. The van der Waals surface area contributed by atoms with E-state index in [0.29, 0.717) is 53.7 Å². The molecule has 1 heterocycles. The number of hydrogen-bond acceptors (Lipinski definition) is 7. The van der Waals surface area contributed by atoms with E-state index < -0.39 is 23.5 Å². The molecule has 1 fully saturated rings. The van der Waals surface area contributed by atoms with Crippen LogP contribution in [0.2, 0.25) is 0 Å². The van der Waals surface area contributed by atoms with Crippen LogP contribution in [0, 0.1) is 6.92 Å². The van der Waals surface area contributed by atoms with E-state index in [9.17, 15) is 14.7 Å².